The van der Waals surface area contributed by atoms with E-state index < -0.39 is 5.97 Å². The Morgan fingerprint density at radius 1 is 1.40 bits per heavy atom. The highest BCUT2D eigenvalue weighted by Gasteiger charge is 2.03. The van der Waals surface area contributed by atoms with E-state index in [-0.39, 0.29) is 0 Å². The predicted molar refractivity (Wildman–Crippen MR) is 56.7 cm³/mol. The van der Waals surface area contributed by atoms with Crippen molar-refractivity contribution in [1.82, 2.24) is 4.90 Å². The summed E-state index contributed by atoms with van der Waals surface area (Å²) in [6.45, 7) is 1.30. The van der Waals surface area contributed by atoms with Crippen LogP contribution in [0.4, 0.5) is 0 Å². The molecule has 1 aromatic carbocycles. The summed E-state index contributed by atoms with van der Waals surface area (Å²) in [6.07, 6.45) is 0. The van der Waals surface area contributed by atoms with Crippen LogP contribution in [0.25, 0.3) is 0 Å². The molecule has 4 nitrogen and oxygen atoms in total. The van der Waals surface area contributed by atoms with Gasteiger partial charge in [-0.15, -0.1) is 0 Å². The molecule has 0 unspecified atom stereocenters. The first-order valence-corrected chi connectivity index (χ1v) is 4.63. The van der Waals surface area contributed by atoms with Crippen LogP contribution in [0.3, 0.4) is 0 Å². The van der Waals surface area contributed by atoms with Crippen molar-refractivity contribution in [3.05, 3.63) is 35.4 Å². The summed E-state index contributed by atoms with van der Waals surface area (Å²) in [7, 11) is 3.58. The quantitative estimate of drug-likeness (QED) is 0.745. The van der Waals surface area contributed by atoms with E-state index in [1.807, 2.05) is 24.1 Å². The van der Waals surface area contributed by atoms with Crippen LogP contribution in [0.15, 0.2) is 24.3 Å². The van der Waals surface area contributed by atoms with Crippen molar-refractivity contribution in [2.24, 2.45) is 0 Å². The van der Waals surface area contributed by atoms with E-state index in [1.165, 1.54) is 0 Å². The Morgan fingerprint density at radius 2 is 2.00 bits per heavy atom. The molecule has 0 bridgehead atoms. The molecule has 1 rings (SSSR count). The molecule has 0 aromatic heterocycles. The molecule has 1 aromatic rings. The smallest absolute Gasteiger partial charge is 0.335 e. The molecular weight excluding hydrogens is 194 g/mol. The zero-order valence-electron chi connectivity index (χ0n) is 8.93. The van der Waals surface area contributed by atoms with Gasteiger partial charge in [-0.25, -0.2) is 4.79 Å². The van der Waals surface area contributed by atoms with Gasteiger partial charge < -0.3 is 9.84 Å². The third kappa shape index (κ3) is 3.69. The van der Waals surface area contributed by atoms with Gasteiger partial charge >= 0.3 is 5.97 Å². The average Bonchev–Trinajstić information content (AvgIpc) is 2.18. The Morgan fingerprint density at radius 3 is 2.47 bits per heavy atom. The second kappa shape index (κ2) is 5.48. The maximum absolute atomic E-state index is 10.6. The molecule has 1 N–H and O–H groups in total. The van der Waals surface area contributed by atoms with Crippen LogP contribution >= 0.6 is 0 Å². The number of carbonyl (C=O) groups is 1. The lowest BCUT2D eigenvalue weighted by Gasteiger charge is -2.15. The van der Waals surface area contributed by atoms with Gasteiger partial charge in [-0.05, 0) is 24.7 Å². The molecule has 0 atom stereocenters. The summed E-state index contributed by atoms with van der Waals surface area (Å²) >= 11 is 0. The monoisotopic (exact) mass is 209 g/mol. The zero-order chi connectivity index (χ0) is 11.3. The lowest BCUT2D eigenvalue weighted by molar-refractivity contribution is 0.0696. The Labute approximate surface area is 89.1 Å². The number of benzene rings is 1. The summed E-state index contributed by atoms with van der Waals surface area (Å²) in [5.41, 5.74) is 1.38. The summed E-state index contributed by atoms with van der Waals surface area (Å²) < 4.78 is 4.97. The minimum atomic E-state index is -0.896. The summed E-state index contributed by atoms with van der Waals surface area (Å²) in [4.78, 5) is 12.6. The van der Waals surface area contributed by atoms with Crippen LogP contribution in [0.2, 0.25) is 0 Å². The van der Waals surface area contributed by atoms with Gasteiger partial charge in [-0.3, -0.25) is 4.90 Å². The Hall–Kier alpha value is -1.39. The number of aromatic carboxylic acids is 1. The summed E-state index contributed by atoms with van der Waals surface area (Å²) in [5, 5.41) is 8.71. The molecule has 0 aliphatic carbocycles. The molecule has 0 amide bonds. The first-order valence-electron chi connectivity index (χ1n) is 4.63. The van der Waals surface area contributed by atoms with Crippen molar-refractivity contribution in [3.8, 4) is 0 Å². The van der Waals surface area contributed by atoms with E-state index in [1.54, 1.807) is 19.2 Å². The number of methoxy groups -OCH3 is 1. The largest absolute Gasteiger partial charge is 0.478 e. The number of hydrogen-bond donors (Lipinski definition) is 1. The first kappa shape index (κ1) is 11.7. The number of hydrogen-bond acceptors (Lipinski definition) is 3. The highest BCUT2D eigenvalue weighted by atomic mass is 16.5. The van der Waals surface area contributed by atoms with Crippen LogP contribution in [-0.2, 0) is 11.3 Å². The third-order valence-corrected chi connectivity index (χ3v) is 2.00. The van der Waals surface area contributed by atoms with Gasteiger partial charge in [0.25, 0.3) is 0 Å². The van der Waals surface area contributed by atoms with Gasteiger partial charge in [0, 0.05) is 13.7 Å². The SMILES string of the molecule is COCN(C)Cc1ccc(C(=O)O)cc1. The topological polar surface area (TPSA) is 49.8 Å². The maximum Gasteiger partial charge on any atom is 0.335 e. The molecule has 82 valence electrons. The van der Waals surface area contributed by atoms with Gasteiger partial charge in [0.2, 0.25) is 0 Å². The first-order chi connectivity index (χ1) is 7.13. The minimum Gasteiger partial charge on any atom is -0.478 e. The van der Waals surface area contributed by atoms with Crippen molar-refractivity contribution >= 4 is 5.97 Å². The minimum absolute atomic E-state index is 0.313. The molecule has 0 aliphatic rings. The van der Waals surface area contributed by atoms with E-state index in [0.29, 0.717) is 12.3 Å². The Kier molecular flexibility index (Phi) is 4.27. The van der Waals surface area contributed by atoms with E-state index in [2.05, 4.69) is 0 Å². The fourth-order valence-corrected chi connectivity index (χ4v) is 1.33. The molecule has 15 heavy (non-hydrogen) atoms. The fourth-order valence-electron chi connectivity index (χ4n) is 1.33. The highest BCUT2D eigenvalue weighted by Crippen LogP contribution is 2.06. The van der Waals surface area contributed by atoms with Crippen molar-refractivity contribution < 1.29 is 14.6 Å². The molecule has 0 fully saturated rings. The standard InChI is InChI=1S/C11H15NO3/c1-12(8-15-2)7-9-3-5-10(6-4-9)11(13)14/h3-6H,7-8H2,1-2H3,(H,13,14). The van der Waals surface area contributed by atoms with Crippen molar-refractivity contribution in [3.63, 3.8) is 0 Å². The zero-order valence-corrected chi connectivity index (χ0v) is 8.93. The third-order valence-electron chi connectivity index (χ3n) is 2.00. The molecule has 4 heteroatoms. The lowest BCUT2D eigenvalue weighted by Crippen LogP contribution is -2.20. The molecule has 0 saturated heterocycles. The summed E-state index contributed by atoms with van der Waals surface area (Å²) in [5.74, 6) is -0.896. The van der Waals surface area contributed by atoms with Crippen LogP contribution in [0.5, 0.6) is 0 Å². The van der Waals surface area contributed by atoms with Gasteiger partial charge in [0.15, 0.2) is 0 Å². The predicted octanol–water partition coefficient (Wildman–Crippen LogP) is 1.42. The van der Waals surface area contributed by atoms with Gasteiger partial charge in [0.05, 0.1) is 12.3 Å². The fraction of sp³-hybridized carbons (Fsp3) is 0.364. The van der Waals surface area contributed by atoms with Gasteiger partial charge in [-0.2, -0.15) is 0 Å². The lowest BCUT2D eigenvalue weighted by atomic mass is 10.1. The van der Waals surface area contributed by atoms with Crippen molar-refractivity contribution in [2.75, 3.05) is 20.9 Å². The maximum atomic E-state index is 10.6. The molecule has 0 saturated carbocycles. The number of carboxylic acids is 1. The average molecular weight is 209 g/mol. The van der Waals surface area contributed by atoms with Gasteiger partial charge in [0.1, 0.15) is 0 Å². The normalized spacial score (nSPS) is 10.6. The van der Waals surface area contributed by atoms with Gasteiger partial charge in [-0.1, -0.05) is 12.1 Å². The molecule has 0 aliphatic heterocycles. The second-order valence-corrected chi connectivity index (χ2v) is 3.43. The Bertz CT molecular complexity index is 321. The second-order valence-electron chi connectivity index (χ2n) is 3.43. The Balaban J connectivity index is 2.60. The molecule has 0 spiro atoms. The molecular formula is C11H15NO3. The molecule has 0 heterocycles. The number of rotatable bonds is 5. The van der Waals surface area contributed by atoms with Crippen LogP contribution in [-0.4, -0.2) is 36.9 Å². The van der Waals surface area contributed by atoms with E-state index in [9.17, 15) is 4.79 Å². The van der Waals surface area contributed by atoms with E-state index in [0.717, 1.165) is 12.1 Å². The number of ether oxygens (including phenoxy) is 1. The molecule has 0 radical (unpaired) electrons. The summed E-state index contributed by atoms with van der Waals surface area (Å²) in [6, 6.07) is 6.85. The van der Waals surface area contributed by atoms with E-state index in [4.69, 9.17) is 9.84 Å². The van der Waals surface area contributed by atoms with Crippen LogP contribution < -0.4 is 0 Å². The van der Waals surface area contributed by atoms with Crippen molar-refractivity contribution in [1.29, 1.82) is 0 Å². The number of nitrogens with zero attached hydrogens (tertiary/aromatic N) is 1. The van der Waals surface area contributed by atoms with E-state index >= 15 is 0 Å². The van der Waals surface area contributed by atoms with Crippen LogP contribution in [0.1, 0.15) is 15.9 Å². The number of carboxylic acid groups (broad SMARTS) is 1. The van der Waals surface area contributed by atoms with Crippen molar-refractivity contribution in [2.45, 2.75) is 6.54 Å². The van der Waals surface area contributed by atoms with Crippen LogP contribution in [0, 0.1) is 0 Å². The highest BCUT2D eigenvalue weighted by molar-refractivity contribution is 5.87.